The molecule has 2 amide bonds. The monoisotopic (exact) mass is 504 g/mol. The first-order valence-corrected chi connectivity index (χ1v) is 10.9. The smallest absolute Gasteiger partial charge is 0.295 e. The van der Waals surface area contributed by atoms with Crippen molar-refractivity contribution in [2.45, 2.75) is 6.04 Å². The van der Waals surface area contributed by atoms with E-state index < -0.39 is 17.9 Å². The van der Waals surface area contributed by atoms with Crippen molar-refractivity contribution < 1.29 is 18.7 Å². The highest BCUT2D eigenvalue weighted by Crippen LogP contribution is 2.42. The number of benzene rings is 3. The highest BCUT2D eigenvalue weighted by atomic mass is 79.9. The Morgan fingerprint density at radius 2 is 1.79 bits per heavy atom. The van der Waals surface area contributed by atoms with Gasteiger partial charge in [-0.1, -0.05) is 46.3 Å². The average molecular weight is 505 g/mol. The van der Waals surface area contributed by atoms with Crippen LogP contribution in [0.15, 0.2) is 86.5 Å². The van der Waals surface area contributed by atoms with Crippen molar-refractivity contribution >= 4 is 44.4 Å². The first-order chi connectivity index (χ1) is 15.9. The molecule has 2 heterocycles. The van der Waals surface area contributed by atoms with Crippen LogP contribution in [0.1, 0.15) is 27.7 Å². The number of amides is 2. The van der Waals surface area contributed by atoms with Crippen LogP contribution in [-0.4, -0.2) is 18.4 Å². The number of nitrogens with two attached hydrogens (primary N) is 1. The van der Waals surface area contributed by atoms with Crippen molar-refractivity contribution in [2.75, 3.05) is 11.5 Å². The molecule has 1 aliphatic rings. The lowest BCUT2D eigenvalue weighted by molar-refractivity contribution is -0.119. The number of carbonyl (C=O) groups is 2. The molecule has 1 unspecified atom stereocenters. The molecule has 0 saturated heterocycles. The number of carbonyl (C=O) groups excluding carboxylic acids is 2. The van der Waals surface area contributed by atoms with Gasteiger partial charge in [-0.05, 0) is 48.0 Å². The number of fused-ring (bicyclic) bond motifs is 2. The van der Waals surface area contributed by atoms with Crippen molar-refractivity contribution in [1.82, 2.24) is 0 Å². The van der Waals surface area contributed by atoms with E-state index in [4.69, 9.17) is 14.9 Å². The standard InChI is InChI=1S/C25H17BrN2O5/c26-15-4-3-5-16(12-15)28-22(14-8-10-17(11-9-14)32-13-20(27)29)21-23(30)18-6-1-2-7-19(18)33-24(21)25(28)31/h1-12,22H,13H2,(H2,27,29). The van der Waals surface area contributed by atoms with E-state index in [0.29, 0.717) is 28.0 Å². The lowest BCUT2D eigenvalue weighted by Crippen LogP contribution is -2.29. The topological polar surface area (TPSA) is 103 Å². The molecule has 33 heavy (non-hydrogen) atoms. The van der Waals surface area contributed by atoms with Crippen LogP contribution in [0.3, 0.4) is 0 Å². The maximum Gasteiger partial charge on any atom is 0.295 e. The molecule has 4 aromatic rings. The molecule has 0 fully saturated rings. The van der Waals surface area contributed by atoms with Crippen LogP contribution in [-0.2, 0) is 4.79 Å². The quantitative estimate of drug-likeness (QED) is 0.439. The van der Waals surface area contributed by atoms with E-state index in [1.165, 1.54) is 0 Å². The zero-order valence-corrected chi connectivity index (χ0v) is 18.7. The Hall–Kier alpha value is -3.91. The Morgan fingerprint density at radius 1 is 1.03 bits per heavy atom. The summed E-state index contributed by atoms with van der Waals surface area (Å²) in [7, 11) is 0. The summed E-state index contributed by atoms with van der Waals surface area (Å²) in [5.74, 6) is -0.510. The summed E-state index contributed by atoms with van der Waals surface area (Å²) in [6.07, 6.45) is 0. The van der Waals surface area contributed by atoms with Crippen molar-refractivity contribution in [3.8, 4) is 5.75 Å². The highest BCUT2D eigenvalue weighted by molar-refractivity contribution is 9.10. The van der Waals surface area contributed by atoms with E-state index in [0.717, 1.165) is 4.47 Å². The number of primary amides is 1. The van der Waals surface area contributed by atoms with Gasteiger partial charge >= 0.3 is 0 Å². The van der Waals surface area contributed by atoms with Gasteiger partial charge in [0, 0.05) is 10.2 Å². The number of ether oxygens (including phenoxy) is 1. The van der Waals surface area contributed by atoms with Crippen LogP contribution in [0.5, 0.6) is 5.75 Å². The van der Waals surface area contributed by atoms with E-state index >= 15 is 0 Å². The summed E-state index contributed by atoms with van der Waals surface area (Å²) < 4.78 is 12.1. The Bertz CT molecular complexity index is 1460. The molecule has 0 aliphatic carbocycles. The summed E-state index contributed by atoms with van der Waals surface area (Å²) in [6, 6.07) is 20.3. The van der Waals surface area contributed by atoms with Crippen LogP contribution in [0.25, 0.3) is 11.0 Å². The van der Waals surface area contributed by atoms with Gasteiger partial charge in [0.15, 0.2) is 12.0 Å². The maximum absolute atomic E-state index is 13.5. The van der Waals surface area contributed by atoms with Gasteiger partial charge in [-0.2, -0.15) is 0 Å². The zero-order chi connectivity index (χ0) is 23.1. The van der Waals surface area contributed by atoms with E-state index in [2.05, 4.69) is 15.9 Å². The largest absolute Gasteiger partial charge is 0.484 e. The molecular weight excluding hydrogens is 488 g/mol. The third kappa shape index (κ3) is 3.68. The Kier molecular flexibility index (Phi) is 5.22. The number of nitrogens with zero attached hydrogens (tertiary/aromatic N) is 1. The Labute approximate surface area is 196 Å². The summed E-state index contributed by atoms with van der Waals surface area (Å²) in [5.41, 5.74) is 6.83. The SMILES string of the molecule is NC(=O)COc1ccc(C2c3c(oc4ccccc4c3=O)C(=O)N2c2cccc(Br)c2)cc1. The minimum absolute atomic E-state index is 0.0257. The number of hydrogen-bond acceptors (Lipinski definition) is 5. The fourth-order valence-electron chi connectivity index (χ4n) is 4.03. The average Bonchev–Trinajstić information content (AvgIpc) is 3.11. The molecule has 2 N–H and O–H groups in total. The van der Waals surface area contributed by atoms with Gasteiger partial charge in [0.1, 0.15) is 11.3 Å². The number of halogens is 1. The molecule has 0 spiro atoms. The molecule has 0 radical (unpaired) electrons. The first kappa shape index (κ1) is 21.0. The second-order valence-corrected chi connectivity index (χ2v) is 8.47. The second-order valence-electron chi connectivity index (χ2n) is 7.55. The van der Waals surface area contributed by atoms with E-state index in [-0.39, 0.29) is 23.4 Å². The molecule has 7 nitrogen and oxygen atoms in total. The number of rotatable bonds is 5. The third-order valence-electron chi connectivity index (χ3n) is 5.44. The lowest BCUT2D eigenvalue weighted by atomic mass is 9.98. The zero-order valence-electron chi connectivity index (χ0n) is 17.2. The van der Waals surface area contributed by atoms with Crippen molar-refractivity contribution in [2.24, 2.45) is 5.73 Å². The van der Waals surface area contributed by atoms with Crippen LogP contribution in [0.4, 0.5) is 5.69 Å². The fraction of sp³-hybridized carbons (Fsp3) is 0.0800. The molecule has 164 valence electrons. The van der Waals surface area contributed by atoms with Gasteiger partial charge in [-0.15, -0.1) is 0 Å². The predicted molar refractivity (Wildman–Crippen MR) is 126 cm³/mol. The summed E-state index contributed by atoms with van der Waals surface area (Å²) in [6.45, 7) is -0.246. The van der Waals surface area contributed by atoms with Crippen LogP contribution in [0.2, 0.25) is 0 Å². The van der Waals surface area contributed by atoms with Gasteiger partial charge in [0.05, 0.1) is 17.0 Å². The molecule has 3 aromatic carbocycles. The van der Waals surface area contributed by atoms with Gasteiger partial charge in [0.2, 0.25) is 5.76 Å². The first-order valence-electron chi connectivity index (χ1n) is 10.1. The fourth-order valence-corrected chi connectivity index (χ4v) is 4.42. The van der Waals surface area contributed by atoms with Crippen LogP contribution >= 0.6 is 15.9 Å². The molecule has 5 rings (SSSR count). The number of anilines is 1. The summed E-state index contributed by atoms with van der Waals surface area (Å²) in [4.78, 5) is 39.6. The lowest BCUT2D eigenvalue weighted by Gasteiger charge is -2.25. The van der Waals surface area contributed by atoms with Gasteiger partial charge < -0.3 is 14.9 Å². The third-order valence-corrected chi connectivity index (χ3v) is 5.93. The minimum Gasteiger partial charge on any atom is -0.484 e. The molecular formula is C25H17BrN2O5. The molecule has 1 atom stereocenters. The van der Waals surface area contributed by atoms with Crippen LogP contribution in [0, 0.1) is 0 Å². The molecule has 8 heteroatoms. The van der Waals surface area contributed by atoms with Crippen LogP contribution < -0.4 is 20.8 Å². The van der Waals surface area contributed by atoms with Gasteiger partial charge in [-0.25, -0.2) is 0 Å². The van der Waals surface area contributed by atoms with Crippen molar-refractivity contribution in [3.63, 3.8) is 0 Å². The molecule has 0 bridgehead atoms. The Balaban J connectivity index is 1.69. The minimum atomic E-state index is -0.701. The van der Waals surface area contributed by atoms with Crippen molar-refractivity contribution in [1.29, 1.82) is 0 Å². The second kappa shape index (κ2) is 8.22. The molecule has 0 saturated carbocycles. The normalized spacial score (nSPS) is 15.0. The highest BCUT2D eigenvalue weighted by Gasteiger charge is 2.43. The predicted octanol–water partition coefficient (Wildman–Crippen LogP) is 4.17. The number of para-hydroxylation sites is 1. The maximum atomic E-state index is 13.5. The molecule has 1 aromatic heterocycles. The Morgan fingerprint density at radius 3 is 2.52 bits per heavy atom. The van der Waals surface area contributed by atoms with Crippen molar-refractivity contribution in [3.05, 3.63) is 104 Å². The van der Waals surface area contributed by atoms with E-state index in [9.17, 15) is 14.4 Å². The van der Waals surface area contributed by atoms with Gasteiger partial charge in [-0.3, -0.25) is 19.3 Å². The van der Waals surface area contributed by atoms with Gasteiger partial charge in [0.25, 0.3) is 11.8 Å². The van der Waals surface area contributed by atoms with E-state index in [1.54, 1.807) is 59.5 Å². The van der Waals surface area contributed by atoms with E-state index in [1.807, 2.05) is 18.2 Å². The number of hydrogen-bond donors (Lipinski definition) is 1. The summed E-state index contributed by atoms with van der Waals surface area (Å²) in [5, 5.41) is 0.409. The summed E-state index contributed by atoms with van der Waals surface area (Å²) >= 11 is 3.45. The molecule has 1 aliphatic heterocycles.